The number of hydrogen-bond donors (Lipinski definition) is 2. The minimum atomic E-state index is -0.103. The summed E-state index contributed by atoms with van der Waals surface area (Å²) < 4.78 is 6.14. The molecule has 1 saturated carbocycles. The van der Waals surface area contributed by atoms with Crippen LogP contribution in [0.4, 0.5) is 5.69 Å². The Kier molecular flexibility index (Phi) is 9.84. The molecule has 2 aliphatic heterocycles. The van der Waals surface area contributed by atoms with Crippen LogP contribution in [-0.4, -0.2) is 67.4 Å². The van der Waals surface area contributed by atoms with Gasteiger partial charge < -0.3 is 25.0 Å². The number of piperidine rings is 2. The second-order valence-corrected chi connectivity index (χ2v) is 12.5. The Labute approximate surface area is 245 Å². The van der Waals surface area contributed by atoms with Crippen LogP contribution >= 0.6 is 0 Å². The first kappa shape index (κ1) is 29.4. The summed E-state index contributed by atoms with van der Waals surface area (Å²) >= 11 is 0. The van der Waals surface area contributed by atoms with E-state index in [9.17, 15) is 15.2 Å². The van der Waals surface area contributed by atoms with E-state index >= 15 is 0 Å². The van der Waals surface area contributed by atoms with E-state index in [1.807, 2.05) is 38.1 Å². The molecule has 2 aromatic rings. The number of carbonyl (C=O) groups excluding carboxylic acids is 1. The largest absolute Gasteiger partial charge is 0.493 e. The van der Waals surface area contributed by atoms with E-state index in [0.717, 1.165) is 99.6 Å². The number of anilines is 1. The zero-order valence-electron chi connectivity index (χ0n) is 24.8. The first-order valence-corrected chi connectivity index (χ1v) is 15.6. The van der Waals surface area contributed by atoms with Crippen molar-refractivity contribution in [2.75, 3.05) is 44.2 Å². The number of aliphatic hydroxyl groups excluding tert-OH is 1. The second-order valence-electron chi connectivity index (χ2n) is 12.5. The molecule has 0 bridgehead atoms. The van der Waals surface area contributed by atoms with Crippen molar-refractivity contribution in [2.45, 2.75) is 77.4 Å². The minimum Gasteiger partial charge on any atom is -0.493 e. The van der Waals surface area contributed by atoms with Crippen molar-refractivity contribution < 1.29 is 14.6 Å². The third-order valence-electron chi connectivity index (χ3n) is 9.70. The number of amides is 1. The lowest BCUT2D eigenvalue weighted by molar-refractivity contribution is 0.0724. The number of nitriles is 1. The highest BCUT2D eigenvalue weighted by Gasteiger charge is 2.26. The number of rotatable bonds is 8. The maximum absolute atomic E-state index is 13.0. The van der Waals surface area contributed by atoms with Crippen molar-refractivity contribution >= 4 is 11.6 Å². The number of carbonyl (C=O) groups is 1. The van der Waals surface area contributed by atoms with Gasteiger partial charge in [0.1, 0.15) is 5.75 Å². The van der Waals surface area contributed by atoms with Gasteiger partial charge in [-0.25, -0.2) is 0 Å². The standard InChI is InChI=1S/C34H46N4O3/c1-24-25(2)33(12-7-29(24)21-35)41-23-27-3-8-30(9-4-27)36-34(40)28-5-10-31(11-6-28)38-19-13-26(14-20-38)22-37-17-15-32(39)16-18-37/h5-7,10-12,26-27,30,32,39H,3-4,8-9,13-20,22-23H2,1-2H3,(H,36,40). The first-order valence-electron chi connectivity index (χ1n) is 15.6. The summed E-state index contributed by atoms with van der Waals surface area (Å²) in [5.41, 5.74) is 4.66. The normalized spacial score (nSPS) is 22.7. The molecule has 5 rings (SSSR count). The molecular weight excluding hydrogens is 512 g/mol. The van der Waals surface area contributed by atoms with Crippen LogP contribution in [0, 0.1) is 37.0 Å². The van der Waals surface area contributed by atoms with E-state index in [0.29, 0.717) is 18.1 Å². The first-order chi connectivity index (χ1) is 19.9. The molecule has 41 heavy (non-hydrogen) atoms. The van der Waals surface area contributed by atoms with Gasteiger partial charge in [-0.1, -0.05) is 0 Å². The van der Waals surface area contributed by atoms with Gasteiger partial charge in [-0.15, -0.1) is 0 Å². The van der Waals surface area contributed by atoms with Crippen LogP contribution < -0.4 is 15.0 Å². The van der Waals surface area contributed by atoms with E-state index in [1.165, 1.54) is 18.5 Å². The lowest BCUT2D eigenvalue weighted by Crippen LogP contribution is -2.42. The van der Waals surface area contributed by atoms with Crippen LogP contribution in [0.5, 0.6) is 5.75 Å². The molecule has 0 radical (unpaired) electrons. The Hall–Kier alpha value is -3.08. The fourth-order valence-electron chi connectivity index (χ4n) is 6.69. The Morgan fingerprint density at radius 1 is 0.902 bits per heavy atom. The molecule has 7 heteroatoms. The molecule has 2 heterocycles. The second kappa shape index (κ2) is 13.7. The van der Waals surface area contributed by atoms with Gasteiger partial charge in [0.25, 0.3) is 5.91 Å². The highest BCUT2D eigenvalue weighted by Crippen LogP contribution is 2.29. The maximum Gasteiger partial charge on any atom is 0.251 e. The van der Waals surface area contributed by atoms with Gasteiger partial charge in [-0.05, 0) is 125 Å². The van der Waals surface area contributed by atoms with Crippen molar-refractivity contribution in [2.24, 2.45) is 11.8 Å². The molecular formula is C34H46N4O3. The predicted octanol–water partition coefficient (Wildman–Crippen LogP) is 5.22. The van der Waals surface area contributed by atoms with E-state index in [4.69, 9.17) is 4.74 Å². The highest BCUT2D eigenvalue weighted by molar-refractivity contribution is 5.94. The molecule has 1 aliphatic carbocycles. The molecule has 0 unspecified atom stereocenters. The summed E-state index contributed by atoms with van der Waals surface area (Å²) in [4.78, 5) is 17.9. The molecule has 0 spiro atoms. The average molecular weight is 559 g/mol. The van der Waals surface area contributed by atoms with Gasteiger partial charge in [0.15, 0.2) is 0 Å². The molecule has 2 saturated heterocycles. The molecule has 1 amide bonds. The van der Waals surface area contributed by atoms with Gasteiger partial charge >= 0.3 is 0 Å². The SMILES string of the molecule is Cc1c(C#N)ccc(OCC2CCC(NC(=O)c3ccc(N4CCC(CN5CCC(O)CC5)CC4)cc3)CC2)c1C. The molecule has 2 N–H and O–H groups in total. The fourth-order valence-corrected chi connectivity index (χ4v) is 6.69. The summed E-state index contributed by atoms with van der Waals surface area (Å²) in [6.07, 6.45) is 8.12. The van der Waals surface area contributed by atoms with Crippen LogP contribution in [-0.2, 0) is 0 Å². The average Bonchev–Trinajstić information content (AvgIpc) is 3.00. The quantitative estimate of drug-likeness (QED) is 0.462. The molecule has 7 nitrogen and oxygen atoms in total. The van der Waals surface area contributed by atoms with Crippen molar-refractivity contribution in [3.63, 3.8) is 0 Å². The minimum absolute atomic E-state index is 0.0188. The van der Waals surface area contributed by atoms with Crippen molar-refractivity contribution in [1.29, 1.82) is 5.26 Å². The number of nitrogens with zero attached hydrogens (tertiary/aromatic N) is 3. The smallest absolute Gasteiger partial charge is 0.251 e. The molecule has 0 atom stereocenters. The fraction of sp³-hybridized carbons (Fsp3) is 0.588. The molecule has 3 aliphatic rings. The van der Waals surface area contributed by atoms with Gasteiger partial charge in [0, 0.05) is 50.0 Å². The van der Waals surface area contributed by atoms with Gasteiger partial charge in [0.2, 0.25) is 0 Å². The summed E-state index contributed by atoms with van der Waals surface area (Å²) in [7, 11) is 0. The Bertz CT molecular complexity index is 1200. The van der Waals surface area contributed by atoms with Crippen LogP contribution in [0.15, 0.2) is 36.4 Å². The van der Waals surface area contributed by atoms with Crippen molar-refractivity contribution in [3.8, 4) is 11.8 Å². The Balaban J connectivity index is 1.02. The zero-order valence-corrected chi connectivity index (χ0v) is 24.8. The maximum atomic E-state index is 13.0. The van der Waals surface area contributed by atoms with Crippen LogP contribution in [0.3, 0.4) is 0 Å². The number of benzene rings is 2. The van der Waals surface area contributed by atoms with Gasteiger partial charge in [-0.3, -0.25) is 4.79 Å². The summed E-state index contributed by atoms with van der Waals surface area (Å²) in [6, 6.07) is 14.3. The highest BCUT2D eigenvalue weighted by atomic mass is 16.5. The Morgan fingerprint density at radius 3 is 2.24 bits per heavy atom. The molecule has 3 fully saturated rings. The number of aliphatic hydroxyl groups is 1. The van der Waals surface area contributed by atoms with E-state index < -0.39 is 0 Å². The van der Waals surface area contributed by atoms with E-state index in [2.05, 4.69) is 33.3 Å². The zero-order chi connectivity index (χ0) is 28.8. The van der Waals surface area contributed by atoms with Crippen molar-refractivity contribution in [3.05, 3.63) is 58.7 Å². The lowest BCUT2D eigenvalue weighted by atomic mass is 9.86. The Morgan fingerprint density at radius 2 is 1.59 bits per heavy atom. The van der Waals surface area contributed by atoms with E-state index in [-0.39, 0.29) is 18.1 Å². The molecule has 2 aromatic carbocycles. The summed E-state index contributed by atoms with van der Waals surface area (Å²) in [6.45, 7) is 9.99. The predicted molar refractivity (Wildman–Crippen MR) is 162 cm³/mol. The van der Waals surface area contributed by atoms with Crippen LogP contribution in [0.1, 0.15) is 78.4 Å². The lowest BCUT2D eigenvalue weighted by Gasteiger charge is -2.37. The molecule has 0 aromatic heterocycles. The molecule has 220 valence electrons. The third-order valence-corrected chi connectivity index (χ3v) is 9.70. The monoisotopic (exact) mass is 558 g/mol. The third kappa shape index (κ3) is 7.61. The van der Waals surface area contributed by atoms with Gasteiger partial charge in [-0.2, -0.15) is 5.26 Å². The number of hydrogen-bond acceptors (Lipinski definition) is 6. The number of nitrogens with one attached hydrogen (secondary N) is 1. The van der Waals surface area contributed by atoms with Crippen molar-refractivity contribution in [1.82, 2.24) is 10.2 Å². The number of likely N-dealkylation sites (tertiary alicyclic amines) is 1. The van der Waals surface area contributed by atoms with Gasteiger partial charge in [0.05, 0.1) is 24.3 Å². The summed E-state index contributed by atoms with van der Waals surface area (Å²) in [5.74, 6) is 2.10. The van der Waals surface area contributed by atoms with Crippen LogP contribution in [0.2, 0.25) is 0 Å². The van der Waals surface area contributed by atoms with E-state index in [1.54, 1.807) is 0 Å². The topological polar surface area (TPSA) is 88.8 Å². The van der Waals surface area contributed by atoms with Crippen LogP contribution in [0.25, 0.3) is 0 Å². The summed E-state index contributed by atoms with van der Waals surface area (Å²) in [5, 5.41) is 22.2. The number of ether oxygens (including phenoxy) is 1.